The van der Waals surface area contributed by atoms with Gasteiger partial charge in [-0.2, -0.15) is 0 Å². The van der Waals surface area contributed by atoms with Crippen LogP contribution in [0.25, 0.3) is 27.7 Å². The SMILES string of the molecule is COc1ccc(F)cc1-c1ccnc2[nH]c(C3=CC(C)N(CC(=O)O)CC3)cc12. The van der Waals surface area contributed by atoms with Gasteiger partial charge in [0.05, 0.1) is 13.7 Å². The van der Waals surface area contributed by atoms with Gasteiger partial charge in [0.25, 0.3) is 0 Å². The molecule has 0 bridgehead atoms. The van der Waals surface area contributed by atoms with Gasteiger partial charge in [0, 0.05) is 35.4 Å². The van der Waals surface area contributed by atoms with Gasteiger partial charge in [-0.15, -0.1) is 0 Å². The number of halogens is 1. The maximum atomic E-state index is 13.9. The predicted octanol–water partition coefficient (Wildman–Crippen LogP) is 3.94. The number of nitrogens with zero attached hydrogens (tertiary/aromatic N) is 2. The van der Waals surface area contributed by atoms with Crippen molar-refractivity contribution in [1.29, 1.82) is 0 Å². The highest BCUT2D eigenvalue weighted by atomic mass is 19.1. The van der Waals surface area contributed by atoms with E-state index in [1.807, 2.05) is 24.0 Å². The van der Waals surface area contributed by atoms with Crippen LogP contribution in [0.1, 0.15) is 19.0 Å². The van der Waals surface area contributed by atoms with E-state index in [-0.39, 0.29) is 18.4 Å². The van der Waals surface area contributed by atoms with Crippen LogP contribution in [0.4, 0.5) is 4.39 Å². The van der Waals surface area contributed by atoms with Gasteiger partial charge in [0.2, 0.25) is 0 Å². The summed E-state index contributed by atoms with van der Waals surface area (Å²) in [6.07, 6.45) is 4.51. The predicted molar refractivity (Wildman–Crippen MR) is 109 cm³/mol. The standard InChI is InChI=1S/C22H22FN3O3/c1-13-9-14(6-8-26(13)12-21(27)28)19-11-18-16(5-7-24-22(18)25-19)17-10-15(23)3-4-20(17)29-2/h3-5,7,9-11,13H,6,8,12H2,1-2H3,(H,24,25)(H,27,28). The summed E-state index contributed by atoms with van der Waals surface area (Å²) in [6.45, 7) is 2.70. The summed E-state index contributed by atoms with van der Waals surface area (Å²) in [7, 11) is 1.56. The molecule has 3 aromatic rings. The number of nitrogens with one attached hydrogen (secondary N) is 1. The number of aromatic amines is 1. The van der Waals surface area contributed by atoms with Crippen molar-refractivity contribution in [3.63, 3.8) is 0 Å². The first kappa shape index (κ1) is 19.1. The van der Waals surface area contributed by atoms with Crippen molar-refractivity contribution >= 4 is 22.6 Å². The number of aromatic nitrogens is 2. The number of rotatable bonds is 5. The molecule has 1 atom stereocenters. The van der Waals surface area contributed by atoms with E-state index in [0.29, 0.717) is 23.5 Å². The zero-order chi connectivity index (χ0) is 20.5. The maximum absolute atomic E-state index is 13.9. The van der Waals surface area contributed by atoms with Crippen LogP contribution in [0, 0.1) is 5.82 Å². The first-order chi connectivity index (χ1) is 14.0. The molecule has 1 aliphatic rings. The quantitative estimate of drug-likeness (QED) is 0.684. The lowest BCUT2D eigenvalue weighted by atomic mass is 9.99. The zero-order valence-electron chi connectivity index (χ0n) is 16.3. The van der Waals surface area contributed by atoms with E-state index in [0.717, 1.165) is 28.6 Å². The summed E-state index contributed by atoms with van der Waals surface area (Å²) in [4.78, 5) is 20.7. The minimum atomic E-state index is -0.822. The third-order valence-electron chi connectivity index (χ3n) is 5.35. The maximum Gasteiger partial charge on any atom is 0.317 e. The molecule has 29 heavy (non-hydrogen) atoms. The van der Waals surface area contributed by atoms with Crippen LogP contribution in [0.15, 0.2) is 42.6 Å². The second-order valence-electron chi connectivity index (χ2n) is 7.20. The third-order valence-corrected chi connectivity index (χ3v) is 5.35. The molecule has 2 aromatic heterocycles. The number of carbonyl (C=O) groups is 1. The van der Waals surface area contributed by atoms with Crippen LogP contribution in [0.3, 0.4) is 0 Å². The minimum absolute atomic E-state index is 0.0250. The average molecular weight is 395 g/mol. The molecule has 1 aliphatic heterocycles. The Morgan fingerprint density at radius 1 is 1.34 bits per heavy atom. The fourth-order valence-corrected chi connectivity index (χ4v) is 3.89. The van der Waals surface area contributed by atoms with E-state index >= 15 is 0 Å². The molecule has 7 heteroatoms. The van der Waals surface area contributed by atoms with Crippen molar-refractivity contribution in [3.05, 3.63) is 54.1 Å². The van der Waals surface area contributed by atoms with E-state index in [2.05, 4.69) is 16.0 Å². The molecule has 3 heterocycles. The van der Waals surface area contributed by atoms with Gasteiger partial charge >= 0.3 is 5.97 Å². The number of fused-ring (bicyclic) bond motifs is 1. The van der Waals surface area contributed by atoms with Crippen molar-refractivity contribution in [3.8, 4) is 16.9 Å². The number of carboxylic acids is 1. The van der Waals surface area contributed by atoms with Crippen LogP contribution in [-0.2, 0) is 4.79 Å². The second-order valence-corrected chi connectivity index (χ2v) is 7.20. The van der Waals surface area contributed by atoms with Crippen molar-refractivity contribution < 1.29 is 19.0 Å². The third kappa shape index (κ3) is 3.73. The highest BCUT2D eigenvalue weighted by molar-refractivity contribution is 5.96. The smallest absolute Gasteiger partial charge is 0.317 e. The molecular weight excluding hydrogens is 373 g/mol. The first-order valence-corrected chi connectivity index (χ1v) is 9.45. The van der Waals surface area contributed by atoms with Crippen molar-refractivity contribution in [2.45, 2.75) is 19.4 Å². The van der Waals surface area contributed by atoms with Gasteiger partial charge in [0.1, 0.15) is 17.2 Å². The fraction of sp³-hybridized carbons (Fsp3) is 0.273. The molecule has 0 fully saturated rings. The number of benzene rings is 1. The molecule has 1 aromatic carbocycles. The highest BCUT2D eigenvalue weighted by Crippen LogP contribution is 2.36. The van der Waals surface area contributed by atoms with Crippen LogP contribution in [0.2, 0.25) is 0 Å². The molecule has 150 valence electrons. The number of carboxylic acid groups (broad SMARTS) is 1. The molecule has 0 saturated carbocycles. The average Bonchev–Trinajstić information content (AvgIpc) is 3.13. The summed E-state index contributed by atoms with van der Waals surface area (Å²) >= 11 is 0. The highest BCUT2D eigenvalue weighted by Gasteiger charge is 2.22. The van der Waals surface area contributed by atoms with Gasteiger partial charge in [-0.05, 0) is 54.8 Å². The largest absolute Gasteiger partial charge is 0.496 e. The van der Waals surface area contributed by atoms with Crippen molar-refractivity contribution in [2.75, 3.05) is 20.2 Å². The number of hydrogen-bond donors (Lipinski definition) is 2. The van der Waals surface area contributed by atoms with Crippen molar-refractivity contribution in [2.24, 2.45) is 0 Å². The van der Waals surface area contributed by atoms with Crippen molar-refractivity contribution in [1.82, 2.24) is 14.9 Å². The fourth-order valence-electron chi connectivity index (χ4n) is 3.89. The number of pyridine rings is 1. The Kier molecular flexibility index (Phi) is 5.07. The molecule has 1 unspecified atom stereocenters. The zero-order valence-corrected chi connectivity index (χ0v) is 16.3. The Morgan fingerprint density at radius 2 is 2.17 bits per heavy atom. The summed E-state index contributed by atoms with van der Waals surface area (Å²) < 4.78 is 19.3. The van der Waals surface area contributed by atoms with E-state index in [1.54, 1.807) is 19.4 Å². The van der Waals surface area contributed by atoms with E-state index in [9.17, 15) is 9.18 Å². The Hall–Kier alpha value is -3.19. The number of H-pyrrole nitrogens is 1. The number of methoxy groups -OCH3 is 1. The lowest BCUT2D eigenvalue weighted by Crippen LogP contribution is -2.39. The molecular formula is C22H22FN3O3. The number of ether oxygens (including phenoxy) is 1. The molecule has 0 radical (unpaired) electrons. The second kappa shape index (κ2) is 7.67. The van der Waals surface area contributed by atoms with Gasteiger partial charge in [-0.1, -0.05) is 6.08 Å². The Bertz CT molecular complexity index is 1110. The lowest BCUT2D eigenvalue weighted by Gasteiger charge is -2.30. The molecule has 0 amide bonds. The summed E-state index contributed by atoms with van der Waals surface area (Å²) in [5.74, 6) is -0.558. The molecule has 2 N–H and O–H groups in total. The Balaban J connectivity index is 1.75. The Labute approximate surface area is 167 Å². The van der Waals surface area contributed by atoms with Crippen LogP contribution < -0.4 is 4.74 Å². The van der Waals surface area contributed by atoms with Gasteiger partial charge in [0.15, 0.2) is 0 Å². The molecule has 0 aliphatic carbocycles. The monoisotopic (exact) mass is 395 g/mol. The van der Waals surface area contributed by atoms with E-state index in [4.69, 9.17) is 9.84 Å². The molecule has 0 spiro atoms. The molecule has 4 rings (SSSR count). The van der Waals surface area contributed by atoms with Gasteiger partial charge in [-0.25, -0.2) is 9.37 Å². The lowest BCUT2D eigenvalue weighted by molar-refractivity contribution is -0.138. The first-order valence-electron chi connectivity index (χ1n) is 9.45. The van der Waals surface area contributed by atoms with E-state index < -0.39 is 5.97 Å². The topological polar surface area (TPSA) is 78.5 Å². The van der Waals surface area contributed by atoms with Gasteiger partial charge in [-0.3, -0.25) is 9.69 Å². The molecule has 6 nitrogen and oxygen atoms in total. The minimum Gasteiger partial charge on any atom is -0.496 e. The Morgan fingerprint density at radius 3 is 2.90 bits per heavy atom. The van der Waals surface area contributed by atoms with E-state index in [1.165, 1.54) is 12.1 Å². The molecule has 0 saturated heterocycles. The van der Waals surface area contributed by atoms with Crippen LogP contribution in [0.5, 0.6) is 5.75 Å². The summed E-state index contributed by atoms with van der Waals surface area (Å²) in [5.41, 5.74) is 4.28. The van der Waals surface area contributed by atoms with Crippen LogP contribution >= 0.6 is 0 Å². The van der Waals surface area contributed by atoms with Gasteiger partial charge < -0.3 is 14.8 Å². The number of aliphatic carboxylic acids is 1. The number of hydrogen-bond acceptors (Lipinski definition) is 4. The normalized spacial score (nSPS) is 17.3. The van der Waals surface area contributed by atoms with Crippen LogP contribution in [-0.4, -0.2) is 52.2 Å². The summed E-state index contributed by atoms with van der Waals surface area (Å²) in [5, 5.41) is 9.93. The summed E-state index contributed by atoms with van der Waals surface area (Å²) in [6, 6.07) is 8.35.